The summed E-state index contributed by atoms with van der Waals surface area (Å²) in [7, 11) is 0. The second-order valence-electron chi connectivity index (χ2n) is 1.45. The van der Waals surface area contributed by atoms with Gasteiger partial charge in [-0.2, -0.15) is 0 Å². The lowest BCUT2D eigenvalue weighted by atomic mass is 10.6. The van der Waals surface area contributed by atoms with Crippen LogP contribution in [-0.4, -0.2) is 24.8 Å². The molecule has 0 atom stereocenters. The van der Waals surface area contributed by atoms with Crippen molar-refractivity contribution in [2.75, 3.05) is 18.6 Å². The third-order valence-corrected chi connectivity index (χ3v) is 0.840. The van der Waals surface area contributed by atoms with E-state index in [1.165, 1.54) is 0 Å². The maximum Gasteiger partial charge on any atom is 0.176 e. The van der Waals surface area contributed by atoms with Crippen LogP contribution in [0.25, 0.3) is 0 Å². The van der Waals surface area contributed by atoms with E-state index in [1.54, 1.807) is 6.08 Å². The summed E-state index contributed by atoms with van der Waals surface area (Å²) in [6.45, 7) is 4.90. The van der Waals surface area contributed by atoms with E-state index < -0.39 is 0 Å². The summed E-state index contributed by atoms with van der Waals surface area (Å²) in [5.41, 5.74) is 0. The molecule has 1 heterocycles. The predicted octanol–water partition coefficient (Wildman–Crippen LogP) is 1.97. The molecule has 0 aromatic heterocycles. The van der Waals surface area contributed by atoms with Gasteiger partial charge in [-0.25, -0.2) is 0 Å². The van der Waals surface area contributed by atoms with Gasteiger partial charge in [-0.15, -0.1) is 23.2 Å². The molecule has 0 bridgehead atoms. The second-order valence-corrected chi connectivity index (χ2v) is 2.25. The fourth-order valence-electron chi connectivity index (χ4n) is 0.513. The maximum absolute atomic E-state index is 4.96. The summed E-state index contributed by atoms with van der Waals surface area (Å²) in [6, 6.07) is 0. The predicted molar refractivity (Wildman–Crippen MR) is 42.5 cm³/mol. The van der Waals surface area contributed by atoms with Crippen molar-refractivity contribution in [2.24, 2.45) is 0 Å². The van der Waals surface area contributed by atoms with Gasteiger partial charge in [-0.1, -0.05) is 6.58 Å². The molecular formula is C6H10Cl2O2. The minimum absolute atomic E-state index is 0.139. The van der Waals surface area contributed by atoms with Crippen LogP contribution in [0.2, 0.25) is 0 Å². The number of hydrogen-bond acceptors (Lipinski definition) is 2. The summed E-state index contributed by atoms with van der Waals surface area (Å²) in [5.74, 6) is 0. The van der Waals surface area contributed by atoms with Crippen molar-refractivity contribution in [3.63, 3.8) is 0 Å². The third-order valence-electron chi connectivity index (χ3n) is 0.840. The Morgan fingerprint density at radius 2 is 1.80 bits per heavy atom. The minimum atomic E-state index is -0.139. The summed E-state index contributed by atoms with van der Waals surface area (Å²) in [6.07, 6.45) is 1.51. The molecule has 0 aliphatic carbocycles. The first-order chi connectivity index (χ1) is 4.85. The summed E-state index contributed by atoms with van der Waals surface area (Å²) >= 11 is 9.53. The molecule has 1 aliphatic heterocycles. The second kappa shape index (κ2) is 7.35. The monoisotopic (exact) mass is 184 g/mol. The first-order valence-electron chi connectivity index (χ1n) is 2.82. The zero-order chi connectivity index (χ0) is 7.82. The number of halogens is 2. The van der Waals surface area contributed by atoms with Gasteiger partial charge in [0.2, 0.25) is 0 Å². The molecule has 1 aliphatic rings. The number of ether oxygens (including phenoxy) is 2. The van der Waals surface area contributed by atoms with Crippen molar-refractivity contribution in [1.82, 2.24) is 0 Å². The smallest absolute Gasteiger partial charge is 0.176 e. The summed E-state index contributed by atoms with van der Waals surface area (Å²) in [4.78, 5) is 0. The molecular weight excluding hydrogens is 175 g/mol. The van der Waals surface area contributed by atoms with Crippen LogP contribution in [0.1, 0.15) is 0 Å². The Morgan fingerprint density at radius 1 is 1.40 bits per heavy atom. The molecule has 1 rings (SSSR count). The van der Waals surface area contributed by atoms with Gasteiger partial charge < -0.3 is 9.47 Å². The van der Waals surface area contributed by atoms with Crippen LogP contribution in [-0.2, 0) is 9.47 Å². The number of rotatable bonds is 1. The van der Waals surface area contributed by atoms with Gasteiger partial charge in [0, 0.05) is 0 Å². The van der Waals surface area contributed by atoms with Gasteiger partial charge in [0.05, 0.1) is 18.6 Å². The van der Waals surface area contributed by atoms with Gasteiger partial charge >= 0.3 is 0 Å². The van der Waals surface area contributed by atoms with Crippen molar-refractivity contribution >= 4 is 23.2 Å². The van der Waals surface area contributed by atoms with E-state index in [1.807, 2.05) is 0 Å². The zero-order valence-corrected chi connectivity index (χ0v) is 7.07. The van der Waals surface area contributed by atoms with Gasteiger partial charge in [-0.3, -0.25) is 0 Å². The molecule has 0 amide bonds. The van der Waals surface area contributed by atoms with Crippen LogP contribution in [0.4, 0.5) is 0 Å². The highest BCUT2D eigenvalue weighted by atomic mass is 35.5. The van der Waals surface area contributed by atoms with E-state index in [2.05, 4.69) is 6.58 Å². The third kappa shape index (κ3) is 5.06. The van der Waals surface area contributed by atoms with Crippen LogP contribution in [0.15, 0.2) is 12.7 Å². The molecule has 10 heavy (non-hydrogen) atoms. The van der Waals surface area contributed by atoms with Crippen LogP contribution in [0, 0.1) is 0 Å². The Balaban J connectivity index is 0.000000236. The quantitative estimate of drug-likeness (QED) is 0.459. The number of hydrogen-bond donors (Lipinski definition) is 0. The Labute approximate surface area is 70.7 Å². The molecule has 0 aromatic rings. The van der Waals surface area contributed by atoms with Crippen molar-refractivity contribution in [2.45, 2.75) is 6.29 Å². The van der Waals surface area contributed by atoms with Crippen molar-refractivity contribution in [3.05, 3.63) is 12.7 Å². The lowest BCUT2D eigenvalue weighted by Gasteiger charge is -1.97. The first-order valence-corrected chi connectivity index (χ1v) is 3.89. The highest BCUT2D eigenvalue weighted by Gasteiger charge is 2.09. The molecule has 2 nitrogen and oxygen atoms in total. The maximum atomic E-state index is 4.96. The summed E-state index contributed by atoms with van der Waals surface area (Å²) < 4.78 is 9.92. The molecule has 1 saturated heterocycles. The fourth-order valence-corrected chi connectivity index (χ4v) is 0.513. The van der Waals surface area contributed by atoms with Crippen LogP contribution in [0.3, 0.4) is 0 Å². The van der Waals surface area contributed by atoms with E-state index >= 15 is 0 Å². The Hall–Kier alpha value is 0.240. The van der Waals surface area contributed by atoms with E-state index in [4.69, 9.17) is 32.7 Å². The lowest BCUT2D eigenvalue weighted by Crippen LogP contribution is -2.00. The van der Waals surface area contributed by atoms with Crippen molar-refractivity contribution in [3.8, 4) is 0 Å². The van der Waals surface area contributed by atoms with E-state index in [0.29, 0.717) is 13.2 Å². The van der Waals surface area contributed by atoms with Crippen molar-refractivity contribution in [1.29, 1.82) is 0 Å². The van der Waals surface area contributed by atoms with Gasteiger partial charge in [-0.05, 0) is 6.08 Å². The molecule has 0 aromatic carbocycles. The summed E-state index contributed by atoms with van der Waals surface area (Å²) in [5, 5.41) is 0.194. The van der Waals surface area contributed by atoms with Gasteiger partial charge in [0.1, 0.15) is 0 Å². The molecule has 0 radical (unpaired) electrons. The largest absolute Gasteiger partial charge is 0.347 e. The molecule has 0 spiro atoms. The molecule has 0 N–H and O–H groups in total. The van der Waals surface area contributed by atoms with Crippen molar-refractivity contribution < 1.29 is 9.47 Å². The standard InChI is InChI=1S/C5H8O2.CH2Cl2/c1-2-5-6-3-4-7-5;2-1-3/h2,5H,1,3-4H2;1H2. The first kappa shape index (κ1) is 10.2. The fraction of sp³-hybridized carbons (Fsp3) is 0.667. The van der Waals surface area contributed by atoms with E-state index in [0.717, 1.165) is 0 Å². The highest BCUT2D eigenvalue weighted by Crippen LogP contribution is 2.02. The number of alkyl halides is 2. The zero-order valence-electron chi connectivity index (χ0n) is 5.56. The average Bonchev–Trinajstić information content (AvgIpc) is 2.39. The van der Waals surface area contributed by atoms with Crippen LogP contribution >= 0.6 is 23.2 Å². The molecule has 1 fully saturated rings. The Morgan fingerprint density at radius 3 is 2.00 bits per heavy atom. The van der Waals surface area contributed by atoms with Gasteiger partial charge in [0.15, 0.2) is 6.29 Å². The molecule has 0 unspecified atom stereocenters. The molecule has 4 heteroatoms. The van der Waals surface area contributed by atoms with Gasteiger partial charge in [0.25, 0.3) is 0 Å². The highest BCUT2D eigenvalue weighted by molar-refractivity contribution is 6.40. The van der Waals surface area contributed by atoms with E-state index in [-0.39, 0.29) is 11.6 Å². The topological polar surface area (TPSA) is 18.5 Å². The molecule has 60 valence electrons. The van der Waals surface area contributed by atoms with E-state index in [9.17, 15) is 0 Å². The Kier molecular flexibility index (Phi) is 7.52. The lowest BCUT2D eigenvalue weighted by molar-refractivity contribution is -0.00126. The van der Waals surface area contributed by atoms with Crippen LogP contribution < -0.4 is 0 Å². The molecule has 0 saturated carbocycles. The Bertz CT molecular complexity index is 81.8. The normalized spacial score (nSPS) is 17.8. The average molecular weight is 185 g/mol. The SMILES string of the molecule is C=CC1OCCO1.ClCCl. The van der Waals surface area contributed by atoms with Crippen LogP contribution in [0.5, 0.6) is 0 Å². The minimum Gasteiger partial charge on any atom is -0.347 e.